The van der Waals surface area contributed by atoms with Gasteiger partial charge in [0, 0.05) is 22.6 Å². The summed E-state index contributed by atoms with van der Waals surface area (Å²) in [5.41, 5.74) is 12.6. The molecule has 1 aliphatic rings. The van der Waals surface area contributed by atoms with Crippen LogP contribution in [0.4, 0.5) is 17.3 Å². The van der Waals surface area contributed by atoms with Gasteiger partial charge in [0.2, 0.25) is 0 Å². The predicted molar refractivity (Wildman–Crippen MR) is 102 cm³/mol. The zero-order chi connectivity index (χ0) is 17.8. The highest BCUT2D eigenvalue weighted by atomic mass is 79.9. The molecule has 1 amide bonds. The van der Waals surface area contributed by atoms with Gasteiger partial charge >= 0.3 is 0 Å². The number of hydrogen-bond donors (Lipinski definition) is 3. The largest absolute Gasteiger partial charge is 0.393 e. The number of nitrogens with zero attached hydrogens (tertiary/aromatic N) is 3. The number of hydrazine groups is 1. The van der Waals surface area contributed by atoms with Crippen molar-refractivity contribution < 1.29 is 4.79 Å². The van der Waals surface area contributed by atoms with Gasteiger partial charge in [0.15, 0.2) is 11.6 Å². The Hall–Kier alpha value is -2.35. The monoisotopic (exact) mass is 404 g/mol. The molecule has 4 N–H and O–H groups in total. The summed E-state index contributed by atoms with van der Waals surface area (Å²) in [7, 11) is 0. The maximum Gasteiger partial charge on any atom is 0.269 e. The summed E-state index contributed by atoms with van der Waals surface area (Å²) in [4.78, 5) is 22.9. The number of nitrogens with one attached hydrogen (secondary N) is 2. The van der Waals surface area contributed by atoms with E-state index < -0.39 is 0 Å². The molecular weight excluding hydrogens is 384 g/mol. The van der Waals surface area contributed by atoms with E-state index in [0.29, 0.717) is 28.9 Å². The minimum atomic E-state index is -0.265. The number of nitrogens with two attached hydrogens (primary N) is 1. The first-order valence-corrected chi connectivity index (χ1v) is 9.04. The highest BCUT2D eigenvalue weighted by Gasteiger charge is 2.23. The molecule has 0 spiro atoms. The second-order valence-corrected chi connectivity index (χ2v) is 7.00. The quantitative estimate of drug-likeness (QED) is 0.677. The van der Waals surface area contributed by atoms with Crippen molar-refractivity contribution >= 4 is 39.2 Å². The molecule has 1 unspecified atom stereocenters. The van der Waals surface area contributed by atoms with Crippen LogP contribution in [0.3, 0.4) is 0 Å². The average Bonchev–Trinajstić information content (AvgIpc) is 2.62. The second kappa shape index (κ2) is 7.69. The number of carbonyl (C=O) groups is 1. The molecular formula is C17H21BrN6O. The molecule has 2 aromatic rings. The zero-order valence-corrected chi connectivity index (χ0v) is 15.6. The maximum absolute atomic E-state index is 12.2. The molecule has 2 heterocycles. The van der Waals surface area contributed by atoms with Crippen LogP contribution in [0.25, 0.3) is 0 Å². The second-order valence-electron chi connectivity index (χ2n) is 6.08. The van der Waals surface area contributed by atoms with E-state index in [2.05, 4.69) is 48.6 Å². The smallest absolute Gasteiger partial charge is 0.269 e. The lowest BCUT2D eigenvalue weighted by Gasteiger charge is -2.35. The molecule has 1 aromatic heterocycles. The van der Waals surface area contributed by atoms with Gasteiger partial charge in [-0.15, -0.1) is 0 Å². The lowest BCUT2D eigenvalue weighted by molar-refractivity contribution is 0.0962. The van der Waals surface area contributed by atoms with Crippen molar-refractivity contribution in [2.75, 3.05) is 22.6 Å². The first-order valence-electron chi connectivity index (χ1n) is 8.25. The summed E-state index contributed by atoms with van der Waals surface area (Å²) in [5.74, 6) is 0.842. The van der Waals surface area contributed by atoms with E-state index in [0.717, 1.165) is 23.9 Å². The summed E-state index contributed by atoms with van der Waals surface area (Å²) in [6.07, 6.45) is 4.92. The van der Waals surface area contributed by atoms with Gasteiger partial charge < -0.3 is 10.6 Å². The molecule has 1 atom stereocenters. The first kappa shape index (κ1) is 17.5. The molecule has 0 bridgehead atoms. The number of hydrogen-bond acceptors (Lipinski definition) is 6. The summed E-state index contributed by atoms with van der Waals surface area (Å²) in [6, 6.07) is 7.46. The fourth-order valence-electron chi connectivity index (χ4n) is 2.92. The van der Waals surface area contributed by atoms with Crippen LogP contribution in [-0.2, 0) is 0 Å². The van der Waals surface area contributed by atoms with E-state index in [9.17, 15) is 4.79 Å². The van der Waals surface area contributed by atoms with E-state index in [1.54, 1.807) is 12.1 Å². The number of anilines is 3. The molecule has 0 saturated carbocycles. The third-order valence-corrected chi connectivity index (χ3v) is 4.87. The maximum atomic E-state index is 12.2. The Morgan fingerprint density at radius 2 is 2.04 bits per heavy atom. The number of piperidine rings is 1. The standard InChI is InChI=1S/C17H21BrN6O/c1-11-4-2-3-9-24(11)16-14(19)15(20-10-21-16)22-23-17(25)12-5-7-13(18)8-6-12/h5-8,10-11H,2-4,9,19H2,1H3,(H,23,25)(H,20,21,22). The van der Waals surface area contributed by atoms with Gasteiger partial charge in [-0.25, -0.2) is 9.97 Å². The molecule has 132 valence electrons. The van der Waals surface area contributed by atoms with Crippen LogP contribution < -0.4 is 21.5 Å². The average molecular weight is 405 g/mol. The summed E-state index contributed by atoms with van der Waals surface area (Å²) >= 11 is 3.34. The lowest BCUT2D eigenvalue weighted by atomic mass is 10.0. The third-order valence-electron chi connectivity index (χ3n) is 4.34. The highest BCUT2D eigenvalue weighted by Crippen LogP contribution is 2.30. The van der Waals surface area contributed by atoms with E-state index in [1.807, 2.05) is 12.1 Å². The number of aromatic nitrogens is 2. The van der Waals surface area contributed by atoms with E-state index in [4.69, 9.17) is 5.73 Å². The molecule has 0 aliphatic carbocycles. The van der Waals surface area contributed by atoms with Gasteiger partial charge in [0.25, 0.3) is 5.91 Å². The molecule has 7 nitrogen and oxygen atoms in total. The normalized spacial score (nSPS) is 17.2. The van der Waals surface area contributed by atoms with Crippen LogP contribution in [0.2, 0.25) is 0 Å². The summed E-state index contributed by atoms with van der Waals surface area (Å²) < 4.78 is 0.914. The molecule has 8 heteroatoms. The molecule has 0 radical (unpaired) electrons. The first-order chi connectivity index (χ1) is 12.1. The molecule has 25 heavy (non-hydrogen) atoms. The van der Waals surface area contributed by atoms with E-state index in [1.165, 1.54) is 12.7 Å². The van der Waals surface area contributed by atoms with E-state index in [-0.39, 0.29) is 5.91 Å². The minimum absolute atomic E-state index is 0.265. The Labute approximate surface area is 155 Å². The van der Waals surface area contributed by atoms with Crippen LogP contribution in [0.15, 0.2) is 35.1 Å². The zero-order valence-electron chi connectivity index (χ0n) is 14.0. The van der Waals surface area contributed by atoms with Crippen LogP contribution in [0.5, 0.6) is 0 Å². The Bertz CT molecular complexity index is 751. The van der Waals surface area contributed by atoms with Crippen LogP contribution in [0, 0.1) is 0 Å². The molecule has 3 rings (SSSR count). The van der Waals surface area contributed by atoms with Crippen molar-refractivity contribution in [3.8, 4) is 0 Å². The number of rotatable bonds is 4. The van der Waals surface area contributed by atoms with Crippen LogP contribution in [-0.4, -0.2) is 28.5 Å². The van der Waals surface area contributed by atoms with Crippen molar-refractivity contribution in [2.24, 2.45) is 0 Å². The number of carbonyl (C=O) groups excluding carboxylic acids is 1. The van der Waals surface area contributed by atoms with Crippen molar-refractivity contribution in [1.82, 2.24) is 15.4 Å². The van der Waals surface area contributed by atoms with Gasteiger partial charge in [-0.2, -0.15) is 0 Å². The minimum Gasteiger partial charge on any atom is -0.393 e. The van der Waals surface area contributed by atoms with Crippen molar-refractivity contribution in [3.05, 3.63) is 40.6 Å². The van der Waals surface area contributed by atoms with E-state index >= 15 is 0 Å². The Kier molecular flexibility index (Phi) is 5.37. The van der Waals surface area contributed by atoms with Crippen LogP contribution in [0.1, 0.15) is 36.5 Å². The van der Waals surface area contributed by atoms with Gasteiger partial charge in [0.1, 0.15) is 12.0 Å². The number of benzene rings is 1. The fraction of sp³-hybridized carbons (Fsp3) is 0.353. The topological polar surface area (TPSA) is 96.2 Å². The SMILES string of the molecule is CC1CCCCN1c1ncnc(NNC(=O)c2ccc(Br)cc2)c1N. The van der Waals surface area contributed by atoms with Gasteiger partial charge in [-0.3, -0.25) is 15.6 Å². The van der Waals surface area contributed by atoms with Gasteiger partial charge in [-0.05, 0) is 50.5 Å². The number of amides is 1. The van der Waals surface area contributed by atoms with Crippen molar-refractivity contribution in [2.45, 2.75) is 32.2 Å². The molecule has 1 aliphatic heterocycles. The summed E-state index contributed by atoms with van der Waals surface area (Å²) in [6.45, 7) is 3.09. The lowest BCUT2D eigenvalue weighted by Crippen LogP contribution is -2.39. The third kappa shape index (κ3) is 4.01. The molecule has 1 saturated heterocycles. The Morgan fingerprint density at radius 3 is 2.76 bits per heavy atom. The van der Waals surface area contributed by atoms with Crippen molar-refractivity contribution in [1.29, 1.82) is 0 Å². The Morgan fingerprint density at radius 1 is 1.28 bits per heavy atom. The number of nitrogen functional groups attached to an aromatic ring is 1. The predicted octanol–water partition coefficient (Wildman–Crippen LogP) is 2.96. The van der Waals surface area contributed by atoms with Gasteiger partial charge in [-0.1, -0.05) is 15.9 Å². The van der Waals surface area contributed by atoms with Crippen LogP contribution >= 0.6 is 15.9 Å². The van der Waals surface area contributed by atoms with Crippen molar-refractivity contribution in [3.63, 3.8) is 0 Å². The fourth-order valence-corrected chi connectivity index (χ4v) is 3.18. The molecule has 1 aromatic carbocycles. The highest BCUT2D eigenvalue weighted by molar-refractivity contribution is 9.10. The molecule has 1 fully saturated rings. The van der Waals surface area contributed by atoms with Gasteiger partial charge in [0.05, 0.1) is 0 Å². The number of halogens is 1. The Balaban J connectivity index is 1.71. The summed E-state index contributed by atoms with van der Waals surface area (Å²) in [5, 5.41) is 0.